The summed E-state index contributed by atoms with van der Waals surface area (Å²) in [6.45, 7) is 5.88. The highest BCUT2D eigenvalue weighted by Gasteiger charge is 2.11. The number of aryl methyl sites for hydroxylation is 1. The van der Waals surface area contributed by atoms with E-state index in [1.54, 1.807) is 13.1 Å². The normalized spacial score (nSPS) is 11.0. The van der Waals surface area contributed by atoms with Gasteiger partial charge in [-0.1, -0.05) is 5.16 Å². The smallest absolute Gasteiger partial charge is 0.283 e. The minimum absolute atomic E-state index is 0.0106. The average molecular weight is 328 g/mol. The maximum atomic E-state index is 12.0. The van der Waals surface area contributed by atoms with Gasteiger partial charge in [0.15, 0.2) is 5.82 Å². The second-order valence-corrected chi connectivity index (χ2v) is 5.10. The minimum atomic E-state index is -0.179. The molecule has 0 spiro atoms. The summed E-state index contributed by atoms with van der Waals surface area (Å²) in [6.07, 6.45) is 1.59. The van der Waals surface area contributed by atoms with E-state index in [1.165, 1.54) is 4.68 Å². The van der Waals surface area contributed by atoms with Gasteiger partial charge in [-0.05, 0) is 36.7 Å². The third-order valence-corrected chi connectivity index (χ3v) is 3.20. The first-order chi connectivity index (χ1) is 8.99. The zero-order valence-corrected chi connectivity index (χ0v) is 12.4. The predicted molar refractivity (Wildman–Crippen MR) is 72.9 cm³/mol. The van der Waals surface area contributed by atoms with Crippen LogP contribution in [0.4, 0.5) is 5.69 Å². The molecule has 0 aliphatic carbocycles. The van der Waals surface area contributed by atoms with Crippen molar-refractivity contribution in [3.05, 3.63) is 32.7 Å². The van der Waals surface area contributed by atoms with Crippen molar-refractivity contribution >= 4 is 21.6 Å². The Labute approximate surface area is 118 Å². The molecule has 2 heterocycles. The van der Waals surface area contributed by atoms with Gasteiger partial charge in [-0.15, -0.1) is 0 Å². The molecule has 19 heavy (non-hydrogen) atoms. The third kappa shape index (κ3) is 3.01. The van der Waals surface area contributed by atoms with E-state index in [9.17, 15) is 4.79 Å². The fraction of sp³-hybridized carbons (Fsp3) is 0.455. The molecule has 0 aliphatic heterocycles. The van der Waals surface area contributed by atoms with Crippen LogP contribution < -0.4 is 10.9 Å². The third-order valence-electron chi connectivity index (χ3n) is 2.43. The molecule has 0 saturated heterocycles. The number of nitrogens with one attached hydrogen (secondary N) is 1. The Morgan fingerprint density at radius 3 is 2.84 bits per heavy atom. The Bertz CT molecular complexity index is 634. The van der Waals surface area contributed by atoms with Crippen molar-refractivity contribution < 1.29 is 4.52 Å². The standard InChI is InChI=1S/C11H14BrN5O2/c1-6(2)17-11(18)10(12)8(4-14-17)13-5-9-15-7(3)16-19-9/h4,6,13H,5H2,1-3H3. The van der Waals surface area contributed by atoms with Gasteiger partial charge < -0.3 is 9.84 Å². The molecule has 2 aromatic rings. The fourth-order valence-corrected chi connectivity index (χ4v) is 1.94. The number of hydrogen-bond donors (Lipinski definition) is 1. The molecule has 0 atom stereocenters. The van der Waals surface area contributed by atoms with E-state index in [0.717, 1.165) is 0 Å². The van der Waals surface area contributed by atoms with Gasteiger partial charge in [0, 0.05) is 0 Å². The first-order valence-corrected chi connectivity index (χ1v) is 6.58. The SMILES string of the molecule is Cc1noc(CNc2cnn(C(C)C)c(=O)c2Br)n1. The molecule has 1 N–H and O–H groups in total. The molecule has 2 rings (SSSR count). The van der Waals surface area contributed by atoms with Crippen LogP contribution in [0.2, 0.25) is 0 Å². The molecule has 0 saturated carbocycles. The first kappa shape index (κ1) is 13.7. The summed E-state index contributed by atoms with van der Waals surface area (Å²) in [5, 5.41) is 10.8. The van der Waals surface area contributed by atoms with E-state index in [4.69, 9.17) is 4.52 Å². The van der Waals surface area contributed by atoms with Gasteiger partial charge in [0.1, 0.15) is 4.47 Å². The molecule has 0 amide bonds. The van der Waals surface area contributed by atoms with Gasteiger partial charge in [0.2, 0.25) is 5.89 Å². The summed E-state index contributed by atoms with van der Waals surface area (Å²) in [7, 11) is 0. The highest BCUT2D eigenvalue weighted by molar-refractivity contribution is 9.10. The Balaban J connectivity index is 2.18. The van der Waals surface area contributed by atoms with Crippen molar-refractivity contribution in [2.45, 2.75) is 33.4 Å². The largest absolute Gasteiger partial charge is 0.374 e. The van der Waals surface area contributed by atoms with Gasteiger partial charge >= 0.3 is 0 Å². The molecule has 0 aromatic carbocycles. The molecule has 8 heteroatoms. The number of anilines is 1. The summed E-state index contributed by atoms with van der Waals surface area (Å²) in [5.41, 5.74) is 0.416. The second kappa shape index (κ2) is 5.52. The van der Waals surface area contributed by atoms with E-state index in [0.29, 0.717) is 28.4 Å². The summed E-state index contributed by atoms with van der Waals surface area (Å²) < 4.78 is 6.82. The summed E-state index contributed by atoms with van der Waals surface area (Å²) >= 11 is 3.28. The van der Waals surface area contributed by atoms with Crippen LogP contribution in [0, 0.1) is 6.92 Å². The van der Waals surface area contributed by atoms with E-state index >= 15 is 0 Å². The Kier molecular flexibility index (Phi) is 3.98. The van der Waals surface area contributed by atoms with E-state index < -0.39 is 0 Å². The maximum Gasteiger partial charge on any atom is 0.283 e. The van der Waals surface area contributed by atoms with Gasteiger partial charge in [-0.25, -0.2) is 4.68 Å². The lowest BCUT2D eigenvalue weighted by Crippen LogP contribution is -2.26. The fourth-order valence-electron chi connectivity index (χ4n) is 1.52. The molecular formula is C11H14BrN5O2. The van der Waals surface area contributed by atoms with Crippen LogP contribution in [0.15, 0.2) is 20.0 Å². The van der Waals surface area contributed by atoms with E-state index in [2.05, 4.69) is 36.5 Å². The van der Waals surface area contributed by atoms with Crippen molar-refractivity contribution in [3.63, 3.8) is 0 Å². The van der Waals surface area contributed by atoms with Crippen molar-refractivity contribution in [2.75, 3.05) is 5.32 Å². The number of aromatic nitrogens is 4. The van der Waals surface area contributed by atoms with Crippen molar-refractivity contribution in [1.29, 1.82) is 0 Å². The summed E-state index contributed by atoms with van der Waals surface area (Å²) in [5.74, 6) is 1.03. The number of hydrogen-bond acceptors (Lipinski definition) is 6. The van der Waals surface area contributed by atoms with Gasteiger partial charge in [0.05, 0.1) is 24.5 Å². The lowest BCUT2D eigenvalue weighted by molar-refractivity contribution is 0.379. The first-order valence-electron chi connectivity index (χ1n) is 5.79. The lowest BCUT2D eigenvalue weighted by Gasteiger charge is -2.11. The molecule has 7 nitrogen and oxygen atoms in total. The van der Waals surface area contributed by atoms with Crippen LogP contribution in [0.1, 0.15) is 31.6 Å². The highest BCUT2D eigenvalue weighted by atomic mass is 79.9. The average Bonchev–Trinajstić information content (AvgIpc) is 2.76. The molecular weight excluding hydrogens is 314 g/mol. The van der Waals surface area contributed by atoms with Crippen LogP contribution in [0.25, 0.3) is 0 Å². The molecule has 0 unspecified atom stereocenters. The zero-order chi connectivity index (χ0) is 14.0. The molecule has 2 aromatic heterocycles. The quantitative estimate of drug-likeness (QED) is 0.922. The molecule has 102 valence electrons. The number of halogens is 1. The Morgan fingerprint density at radius 1 is 1.53 bits per heavy atom. The Morgan fingerprint density at radius 2 is 2.26 bits per heavy atom. The van der Waals surface area contributed by atoms with Gasteiger partial charge in [-0.2, -0.15) is 10.1 Å². The van der Waals surface area contributed by atoms with Crippen LogP contribution in [-0.4, -0.2) is 19.9 Å². The second-order valence-electron chi connectivity index (χ2n) is 4.30. The topological polar surface area (TPSA) is 85.8 Å². The monoisotopic (exact) mass is 327 g/mol. The summed E-state index contributed by atoms with van der Waals surface area (Å²) in [4.78, 5) is 16.1. The number of nitrogens with zero attached hydrogens (tertiary/aromatic N) is 4. The van der Waals surface area contributed by atoms with Crippen molar-refractivity contribution in [3.8, 4) is 0 Å². The maximum absolute atomic E-state index is 12.0. The van der Waals surface area contributed by atoms with E-state index in [-0.39, 0.29) is 11.6 Å². The molecule has 0 bridgehead atoms. The predicted octanol–water partition coefficient (Wildman–Crippen LogP) is 1.89. The summed E-state index contributed by atoms with van der Waals surface area (Å²) in [6, 6.07) is 0.0106. The Hall–Kier alpha value is -1.70. The van der Waals surface area contributed by atoms with Gasteiger partial charge in [-0.3, -0.25) is 4.79 Å². The zero-order valence-electron chi connectivity index (χ0n) is 10.8. The highest BCUT2D eigenvalue weighted by Crippen LogP contribution is 2.17. The molecule has 0 aliphatic rings. The van der Waals surface area contributed by atoms with Crippen LogP contribution in [0.3, 0.4) is 0 Å². The van der Waals surface area contributed by atoms with E-state index in [1.807, 2.05) is 13.8 Å². The van der Waals surface area contributed by atoms with Crippen LogP contribution in [-0.2, 0) is 6.54 Å². The lowest BCUT2D eigenvalue weighted by atomic mass is 10.4. The molecule has 0 radical (unpaired) electrons. The van der Waals surface area contributed by atoms with Crippen LogP contribution in [0.5, 0.6) is 0 Å². The van der Waals surface area contributed by atoms with Crippen LogP contribution >= 0.6 is 15.9 Å². The van der Waals surface area contributed by atoms with Crippen molar-refractivity contribution in [1.82, 2.24) is 19.9 Å². The van der Waals surface area contributed by atoms with Gasteiger partial charge in [0.25, 0.3) is 5.56 Å². The molecule has 0 fully saturated rings. The van der Waals surface area contributed by atoms with Crippen molar-refractivity contribution in [2.24, 2.45) is 0 Å². The minimum Gasteiger partial charge on any atom is -0.374 e. The number of rotatable bonds is 4.